The van der Waals surface area contributed by atoms with Crippen molar-refractivity contribution in [1.29, 1.82) is 0 Å². The fourth-order valence-corrected chi connectivity index (χ4v) is 1.27. The summed E-state index contributed by atoms with van der Waals surface area (Å²) in [6.07, 6.45) is -10.5. The topological polar surface area (TPSA) is 85.4 Å². The highest BCUT2D eigenvalue weighted by molar-refractivity contribution is 5.87. The average Bonchev–Trinajstić information content (AvgIpc) is 2.24. The SMILES string of the molecule is NCc1nc(C(=O)O)c(C(F)(F)F)cc1OC(F)(F)F. The van der Waals surface area contributed by atoms with Gasteiger partial charge in [0.25, 0.3) is 0 Å². The number of pyridine rings is 1. The van der Waals surface area contributed by atoms with Crippen molar-refractivity contribution in [3.63, 3.8) is 0 Å². The van der Waals surface area contributed by atoms with E-state index < -0.39 is 47.8 Å². The van der Waals surface area contributed by atoms with E-state index in [4.69, 9.17) is 10.8 Å². The van der Waals surface area contributed by atoms with E-state index in [1.165, 1.54) is 0 Å². The number of hydrogen-bond acceptors (Lipinski definition) is 4. The molecule has 0 aromatic carbocycles. The van der Waals surface area contributed by atoms with Crippen LogP contribution in [-0.2, 0) is 12.7 Å². The number of carboxylic acids is 1. The van der Waals surface area contributed by atoms with Crippen LogP contribution in [0.25, 0.3) is 0 Å². The zero-order valence-electron chi connectivity index (χ0n) is 9.34. The summed E-state index contributed by atoms with van der Waals surface area (Å²) in [6.45, 7) is -0.732. The first-order valence-electron chi connectivity index (χ1n) is 4.76. The number of alkyl halides is 6. The van der Waals surface area contributed by atoms with Crippen molar-refractivity contribution in [2.75, 3.05) is 0 Å². The molecule has 0 spiro atoms. The highest BCUT2D eigenvalue weighted by atomic mass is 19.4. The van der Waals surface area contributed by atoms with Gasteiger partial charge in [0.1, 0.15) is 0 Å². The molecule has 5 nitrogen and oxygen atoms in total. The molecule has 11 heteroatoms. The van der Waals surface area contributed by atoms with E-state index in [1.54, 1.807) is 0 Å². The molecule has 0 amide bonds. The molecule has 0 aliphatic rings. The molecule has 0 aliphatic carbocycles. The number of halogens is 6. The van der Waals surface area contributed by atoms with Crippen LogP contribution in [0.3, 0.4) is 0 Å². The molecule has 0 atom stereocenters. The second-order valence-corrected chi connectivity index (χ2v) is 3.38. The number of rotatable bonds is 3. The Balaban J connectivity index is 3.50. The molecule has 1 heterocycles. The molecule has 1 rings (SSSR count). The minimum Gasteiger partial charge on any atom is -0.476 e. The minimum absolute atomic E-state index is 0.0911. The van der Waals surface area contributed by atoms with Gasteiger partial charge in [-0.15, -0.1) is 13.2 Å². The van der Waals surface area contributed by atoms with Gasteiger partial charge in [-0.2, -0.15) is 13.2 Å². The third-order valence-electron chi connectivity index (χ3n) is 1.99. The molecule has 0 bridgehead atoms. The number of carboxylic acid groups (broad SMARTS) is 1. The van der Waals surface area contributed by atoms with Crippen LogP contribution in [0, 0.1) is 0 Å². The van der Waals surface area contributed by atoms with Crippen molar-refractivity contribution >= 4 is 5.97 Å². The third-order valence-corrected chi connectivity index (χ3v) is 1.99. The first kappa shape index (κ1) is 16.0. The van der Waals surface area contributed by atoms with Crippen LogP contribution >= 0.6 is 0 Å². The molecule has 1 aromatic rings. The molecule has 20 heavy (non-hydrogen) atoms. The molecular weight excluding hydrogens is 298 g/mol. The smallest absolute Gasteiger partial charge is 0.476 e. The maximum atomic E-state index is 12.6. The van der Waals surface area contributed by atoms with Crippen LogP contribution in [0.15, 0.2) is 6.07 Å². The minimum atomic E-state index is -5.26. The number of aromatic nitrogens is 1. The van der Waals surface area contributed by atoms with Gasteiger partial charge in [-0.3, -0.25) is 0 Å². The first-order chi connectivity index (χ1) is 8.95. The number of nitrogens with two attached hydrogens (primary N) is 1. The largest absolute Gasteiger partial charge is 0.573 e. The van der Waals surface area contributed by atoms with Gasteiger partial charge in [-0.05, 0) is 6.07 Å². The van der Waals surface area contributed by atoms with Gasteiger partial charge in [-0.1, -0.05) is 0 Å². The maximum absolute atomic E-state index is 12.6. The Morgan fingerprint density at radius 3 is 2.20 bits per heavy atom. The molecule has 0 fully saturated rings. The number of ether oxygens (including phenoxy) is 1. The van der Waals surface area contributed by atoms with Gasteiger partial charge < -0.3 is 15.6 Å². The summed E-state index contributed by atoms with van der Waals surface area (Å²) in [6, 6.07) is -0.0911. The van der Waals surface area contributed by atoms with E-state index in [9.17, 15) is 31.1 Å². The van der Waals surface area contributed by atoms with Gasteiger partial charge in [-0.25, -0.2) is 9.78 Å². The van der Waals surface area contributed by atoms with Crippen LogP contribution in [0.4, 0.5) is 26.3 Å². The molecule has 0 saturated heterocycles. The average molecular weight is 304 g/mol. The number of hydrogen-bond donors (Lipinski definition) is 2. The van der Waals surface area contributed by atoms with Crippen molar-refractivity contribution in [3.05, 3.63) is 23.0 Å². The normalized spacial score (nSPS) is 12.3. The van der Waals surface area contributed by atoms with Gasteiger partial charge in [0, 0.05) is 6.54 Å². The summed E-state index contributed by atoms with van der Waals surface area (Å²) in [5, 5.41) is 8.61. The van der Waals surface area contributed by atoms with Crippen molar-refractivity contribution in [2.24, 2.45) is 5.73 Å². The second kappa shape index (κ2) is 5.15. The molecule has 0 aliphatic heterocycles. The Kier molecular flexibility index (Phi) is 4.12. The van der Waals surface area contributed by atoms with Crippen molar-refractivity contribution in [3.8, 4) is 5.75 Å². The van der Waals surface area contributed by atoms with Crippen molar-refractivity contribution in [1.82, 2.24) is 4.98 Å². The summed E-state index contributed by atoms with van der Waals surface area (Å²) in [7, 11) is 0. The monoisotopic (exact) mass is 304 g/mol. The van der Waals surface area contributed by atoms with E-state index in [0.29, 0.717) is 0 Å². The van der Waals surface area contributed by atoms with Crippen molar-refractivity contribution < 1.29 is 41.0 Å². The third kappa shape index (κ3) is 3.73. The van der Waals surface area contributed by atoms with Crippen LogP contribution < -0.4 is 10.5 Å². The van der Waals surface area contributed by atoms with Crippen LogP contribution in [-0.4, -0.2) is 22.4 Å². The lowest BCUT2D eigenvalue weighted by atomic mass is 10.1. The van der Waals surface area contributed by atoms with E-state index >= 15 is 0 Å². The fourth-order valence-electron chi connectivity index (χ4n) is 1.27. The fraction of sp³-hybridized carbons (Fsp3) is 0.333. The summed E-state index contributed by atoms with van der Waals surface area (Å²) in [5.41, 5.74) is 0.946. The standard InChI is InChI=1S/C9H6F6N2O3/c10-8(11,12)3-1-5(20-9(13,14)15)4(2-16)17-6(3)7(18)19/h1H,2,16H2,(H,18,19). The Bertz CT molecular complexity index is 526. The first-order valence-corrected chi connectivity index (χ1v) is 4.76. The molecule has 0 radical (unpaired) electrons. The Hall–Kier alpha value is -2.04. The van der Waals surface area contributed by atoms with Gasteiger partial charge in [0.2, 0.25) is 0 Å². The van der Waals surface area contributed by atoms with E-state index in [2.05, 4.69) is 9.72 Å². The highest BCUT2D eigenvalue weighted by Gasteiger charge is 2.39. The quantitative estimate of drug-likeness (QED) is 0.836. The van der Waals surface area contributed by atoms with Crippen LogP contribution in [0.1, 0.15) is 21.7 Å². The van der Waals surface area contributed by atoms with Gasteiger partial charge >= 0.3 is 18.5 Å². The van der Waals surface area contributed by atoms with E-state index in [1.807, 2.05) is 0 Å². The molecule has 112 valence electrons. The van der Waals surface area contributed by atoms with Crippen LogP contribution in [0.2, 0.25) is 0 Å². The zero-order valence-corrected chi connectivity index (χ0v) is 9.34. The molecule has 0 saturated carbocycles. The lowest BCUT2D eigenvalue weighted by molar-refractivity contribution is -0.275. The summed E-state index contributed by atoms with van der Waals surface area (Å²) < 4.78 is 77.3. The lowest BCUT2D eigenvalue weighted by Gasteiger charge is -2.16. The Labute approximate surface area is 107 Å². The number of nitrogens with zero attached hydrogens (tertiary/aromatic N) is 1. The lowest BCUT2D eigenvalue weighted by Crippen LogP contribution is -2.22. The summed E-state index contributed by atoms with van der Waals surface area (Å²) >= 11 is 0. The highest BCUT2D eigenvalue weighted by Crippen LogP contribution is 2.36. The van der Waals surface area contributed by atoms with E-state index in [-0.39, 0.29) is 6.07 Å². The van der Waals surface area contributed by atoms with Gasteiger partial charge in [0.05, 0.1) is 11.3 Å². The van der Waals surface area contributed by atoms with E-state index in [0.717, 1.165) is 0 Å². The molecule has 1 aromatic heterocycles. The predicted molar refractivity (Wildman–Crippen MR) is 50.8 cm³/mol. The second-order valence-electron chi connectivity index (χ2n) is 3.38. The maximum Gasteiger partial charge on any atom is 0.573 e. The Morgan fingerprint density at radius 2 is 1.85 bits per heavy atom. The molecule has 0 unspecified atom stereocenters. The Morgan fingerprint density at radius 1 is 1.30 bits per heavy atom. The number of aromatic carboxylic acids is 1. The van der Waals surface area contributed by atoms with Gasteiger partial charge in [0.15, 0.2) is 11.4 Å². The molecular formula is C9H6F6N2O3. The van der Waals surface area contributed by atoms with Crippen LogP contribution in [0.5, 0.6) is 5.75 Å². The van der Waals surface area contributed by atoms with Crippen molar-refractivity contribution in [2.45, 2.75) is 19.1 Å². The predicted octanol–water partition coefficient (Wildman–Crippen LogP) is 2.16. The summed E-state index contributed by atoms with van der Waals surface area (Å²) in [5.74, 6) is -3.34. The number of carbonyl (C=O) groups is 1. The summed E-state index contributed by atoms with van der Waals surface area (Å²) in [4.78, 5) is 13.6. The molecule has 3 N–H and O–H groups in total. The zero-order chi connectivity index (χ0) is 15.7.